The summed E-state index contributed by atoms with van der Waals surface area (Å²) >= 11 is 0. The fourth-order valence-electron chi connectivity index (χ4n) is 3.22. The van der Waals surface area contributed by atoms with Gasteiger partial charge >= 0.3 is 0 Å². The Bertz CT molecular complexity index is 529. The first-order valence-corrected chi connectivity index (χ1v) is 6.14. The minimum absolute atomic E-state index is 0.667. The lowest BCUT2D eigenvalue weighted by Crippen LogP contribution is -1.95. The summed E-state index contributed by atoms with van der Waals surface area (Å²) in [7, 11) is 0. The quantitative estimate of drug-likeness (QED) is 0.592. The Hall–Kier alpha value is -1.30. The van der Waals surface area contributed by atoms with E-state index in [2.05, 4.69) is 52.0 Å². The summed E-state index contributed by atoms with van der Waals surface area (Å²) < 4.78 is 0. The summed E-state index contributed by atoms with van der Waals surface area (Å²) in [6.45, 7) is 9.15. The zero-order valence-electron chi connectivity index (χ0n) is 10.5. The van der Waals surface area contributed by atoms with Gasteiger partial charge in [-0.2, -0.15) is 0 Å². The van der Waals surface area contributed by atoms with Crippen LogP contribution in [0.4, 0.5) is 0 Å². The van der Waals surface area contributed by atoms with Gasteiger partial charge in [0.25, 0.3) is 0 Å². The van der Waals surface area contributed by atoms with E-state index in [9.17, 15) is 0 Å². The molecule has 0 amide bonds. The smallest absolute Gasteiger partial charge is 0.0109 e. The fourth-order valence-corrected chi connectivity index (χ4v) is 3.22. The van der Waals surface area contributed by atoms with Crippen molar-refractivity contribution in [1.29, 1.82) is 0 Å². The first kappa shape index (κ1) is 9.89. The molecule has 1 aliphatic carbocycles. The van der Waals surface area contributed by atoms with E-state index in [0.717, 1.165) is 0 Å². The largest absolute Gasteiger partial charge is 0.0584 e. The molecule has 2 atom stereocenters. The van der Waals surface area contributed by atoms with Crippen LogP contribution < -0.4 is 0 Å². The highest BCUT2D eigenvalue weighted by Gasteiger charge is 2.28. The Morgan fingerprint density at radius 2 is 1.12 bits per heavy atom. The van der Waals surface area contributed by atoms with Crippen molar-refractivity contribution in [3.05, 3.63) is 46.5 Å². The van der Waals surface area contributed by atoms with Crippen molar-refractivity contribution in [2.75, 3.05) is 0 Å². The van der Waals surface area contributed by atoms with Gasteiger partial charge in [-0.05, 0) is 58.7 Å². The fraction of sp³-hybridized carbons (Fsp3) is 0.375. The average Bonchev–Trinajstić information content (AvgIpc) is 2.50. The first-order chi connectivity index (χ1) is 7.61. The highest BCUT2D eigenvalue weighted by atomic mass is 14.3. The van der Waals surface area contributed by atoms with Crippen LogP contribution in [0.5, 0.6) is 0 Å². The second kappa shape index (κ2) is 3.10. The molecule has 1 aliphatic rings. The lowest BCUT2D eigenvalue weighted by molar-refractivity contribution is 0.655. The molecule has 0 nitrogen and oxygen atoms in total. The highest BCUT2D eigenvalue weighted by molar-refractivity contribution is 5.96. The van der Waals surface area contributed by atoms with Crippen LogP contribution in [0.25, 0.3) is 10.8 Å². The maximum atomic E-state index is 2.35. The number of aryl methyl sites for hydroxylation is 2. The van der Waals surface area contributed by atoms with E-state index in [0.29, 0.717) is 11.8 Å². The second-order valence-corrected chi connectivity index (χ2v) is 5.27. The van der Waals surface area contributed by atoms with Gasteiger partial charge in [-0.25, -0.2) is 0 Å². The molecule has 0 radical (unpaired) electrons. The molecule has 0 fully saturated rings. The van der Waals surface area contributed by atoms with Crippen LogP contribution in [0.2, 0.25) is 0 Å². The third-order valence-electron chi connectivity index (χ3n) is 4.37. The minimum Gasteiger partial charge on any atom is -0.0584 e. The highest BCUT2D eigenvalue weighted by Crippen LogP contribution is 2.47. The molecule has 82 valence electrons. The van der Waals surface area contributed by atoms with Crippen LogP contribution in [-0.2, 0) is 0 Å². The second-order valence-electron chi connectivity index (χ2n) is 5.27. The molecular formula is C16H18. The summed E-state index contributed by atoms with van der Waals surface area (Å²) in [4.78, 5) is 0. The van der Waals surface area contributed by atoms with Gasteiger partial charge in [0.1, 0.15) is 0 Å². The van der Waals surface area contributed by atoms with Crippen LogP contribution in [0.15, 0.2) is 24.3 Å². The van der Waals surface area contributed by atoms with E-state index in [4.69, 9.17) is 0 Å². The molecule has 2 aromatic rings. The molecule has 0 saturated heterocycles. The molecular weight excluding hydrogens is 192 g/mol. The van der Waals surface area contributed by atoms with Crippen molar-refractivity contribution in [3.63, 3.8) is 0 Å². The Morgan fingerprint density at radius 1 is 0.688 bits per heavy atom. The number of hydrogen-bond acceptors (Lipinski definition) is 0. The molecule has 0 spiro atoms. The molecule has 0 N–H and O–H groups in total. The van der Waals surface area contributed by atoms with Gasteiger partial charge < -0.3 is 0 Å². The molecule has 0 heterocycles. The summed E-state index contributed by atoms with van der Waals surface area (Å²) in [5, 5.41) is 3.03. The van der Waals surface area contributed by atoms with Gasteiger partial charge in [0, 0.05) is 0 Å². The molecule has 2 aromatic carbocycles. The van der Waals surface area contributed by atoms with E-state index in [1.54, 1.807) is 16.5 Å². The Kier molecular flexibility index (Phi) is 1.92. The Labute approximate surface area is 97.3 Å². The standard InChI is InChI=1S/C16H18/c1-9-5-7-13-11(3)12(4)14-8-6-10(2)15(9)16(13)14/h5-8,11-12H,1-4H3. The Balaban J connectivity index is 2.54. The SMILES string of the molecule is Cc1ccc2c3c(ccc(C)c13)C(C)C2C. The lowest BCUT2D eigenvalue weighted by atomic mass is 9.94. The van der Waals surface area contributed by atoms with Crippen LogP contribution in [0, 0.1) is 13.8 Å². The molecule has 0 saturated carbocycles. The molecule has 0 bridgehead atoms. The minimum atomic E-state index is 0.667. The van der Waals surface area contributed by atoms with Crippen molar-refractivity contribution >= 4 is 10.8 Å². The number of rotatable bonds is 0. The number of benzene rings is 2. The van der Waals surface area contributed by atoms with E-state index in [-0.39, 0.29) is 0 Å². The average molecular weight is 210 g/mol. The van der Waals surface area contributed by atoms with Gasteiger partial charge in [-0.3, -0.25) is 0 Å². The van der Waals surface area contributed by atoms with Gasteiger partial charge in [0.2, 0.25) is 0 Å². The maximum Gasteiger partial charge on any atom is -0.0109 e. The summed E-state index contributed by atoms with van der Waals surface area (Å²) in [6.07, 6.45) is 0. The molecule has 0 aliphatic heterocycles. The van der Waals surface area contributed by atoms with Crippen molar-refractivity contribution in [3.8, 4) is 0 Å². The normalized spacial score (nSPS) is 23.0. The molecule has 16 heavy (non-hydrogen) atoms. The zero-order valence-corrected chi connectivity index (χ0v) is 10.5. The van der Waals surface area contributed by atoms with E-state index in [1.807, 2.05) is 0 Å². The summed E-state index contributed by atoms with van der Waals surface area (Å²) in [5.41, 5.74) is 5.93. The molecule has 0 heteroatoms. The van der Waals surface area contributed by atoms with Crippen molar-refractivity contribution in [2.24, 2.45) is 0 Å². The van der Waals surface area contributed by atoms with Crippen LogP contribution >= 0.6 is 0 Å². The van der Waals surface area contributed by atoms with Crippen molar-refractivity contribution < 1.29 is 0 Å². The summed E-state index contributed by atoms with van der Waals surface area (Å²) in [6, 6.07) is 9.22. The third kappa shape index (κ3) is 1.05. The zero-order chi connectivity index (χ0) is 11.4. The van der Waals surface area contributed by atoms with E-state index >= 15 is 0 Å². The predicted molar refractivity (Wildman–Crippen MR) is 70.3 cm³/mol. The summed E-state index contributed by atoms with van der Waals surface area (Å²) in [5.74, 6) is 1.33. The lowest BCUT2D eigenvalue weighted by Gasteiger charge is -2.10. The van der Waals surface area contributed by atoms with Crippen molar-refractivity contribution in [2.45, 2.75) is 39.5 Å². The predicted octanol–water partition coefficient (Wildman–Crippen LogP) is 4.68. The third-order valence-corrected chi connectivity index (χ3v) is 4.37. The van der Waals surface area contributed by atoms with Crippen LogP contribution in [-0.4, -0.2) is 0 Å². The number of hydrogen-bond donors (Lipinski definition) is 0. The van der Waals surface area contributed by atoms with Gasteiger partial charge in [-0.15, -0.1) is 0 Å². The van der Waals surface area contributed by atoms with E-state index < -0.39 is 0 Å². The van der Waals surface area contributed by atoms with E-state index in [1.165, 1.54) is 16.5 Å². The van der Waals surface area contributed by atoms with Gasteiger partial charge in [0.05, 0.1) is 0 Å². The molecule has 3 rings (SSSR count). The molecule has 2 unspecified atom stereocenters. The Morgan fingerprint density at radius 3 is 1.56 bits per heavy atom. The van der Waals surface area contributed by atoms with Crippen molar-refractivity contribution in [1.82, 2.24) is 0 Å². The first-order valence-electron chi connectivity index (χ1n) is 6.14. The molecule has 0 aromatic heterocycles. The maximum absolute atomic E-state index is 2.35. The topological polar surface area (TPSA) is 0 Å². The van der Waals surface area contributed by atoms with Gasteiger partial charge in [0.15, 0.2) is 0 Å². The van der Waals surface area contributed by atoms with Crippen LogP contribution in [0.1, 0.15) is 47.9 Å². The monoisotopic (exact) mass is 210 g/mol. The van der Waals surface area contributed by atoms with Crippen LogP contribution in [0.3, 0.4) is 0 Å². The van der Waals surface area contributed by atoms with Gasteiger partial charge in [-0.1, -0.05) is 38.1 Å².